The number of benzene rings is 1. The minimum Gasteiger partial charge on any atom is -0.454 e. The fourth-order valence-electron chi connectivity index (χ4n) is 3.17. The second kappa shape index (κ2) is 7.74. The van der Waals surface area contributed by atoms with Gasteiger partial charge in [-0.05, 0) is 51.2 Å². The fourth-order valence-corrected chi connectivity index (χ4v) is 3.17. The van der Waals surface area contributed by atoms with Crippen LogP contribution in [0.15, 0.2) is 18.2 Å². The van der Waals surface area contributed by atoms with Crippen molar-refractivity contribution in [2.45, 2.75) is 31.8 Å². The zero-order valence-electron chi connectivity index (χ0n) is 14.8. The van der Waals surface area contributed by atoms with Gasteiger partial charge in [0.2, 0.25) is 18.6 Å². The first-order valence-corrected chi connectivity index (χ1v) is 8.65. The van der Waals surface area contributed by atoms with E-state index in [1.807, 2.05) is 32.3 Å². The lowest BCUT2D eigenvalue weighted by atomic mass is 10.1. The van der Waals surface area contributed by atoms with E-state index in [1.165, 1.54) is 0 Å². The molecule has 1 aromatic rings. The van der Waals surface area contributed by atoms with Gasteiger partial charge in [0.25, 0.3) is 0 Å². The standard InChI is InChI=1S/C18H25N3O4/c1-20(2)9-3-8-19-18(23)14-5-7-17(22)21(14)11-13-4-6-15-16(10-13)25-12-24-15/h4,6,10,14H,3,5,7-9,11-12H2,1-2H3,(H,19,23). The number of amides is 2. The Bertz CT molecular complexity index is 647. The average Bonchev–Trinajstić information content (AvgIpc) is 3.18. The normalized spacial score (nSPS) is 18.9. The summed E-state index contributed by atoms with van der Waals surface area (Å²) in [4.78, 5) is 28.4. The molecule has 7 nitrogen and oxygen atoms in total. The van der Waals surface area contributed by atoms with Crippen molar-refractivity contribution < 1.29 is 19.1 Å². The maximum Gasteiger partial charge on any atom is 0.242 e. The van der Waals surface area contributed by atoms with Crippen LogP contribution in [0.2, 0.25) is 0 Å². The number of hydrogen-bond donors (Lipinski definition) is 1. The number of nitrogens with zero attached hydrogens (tertiary/aromatic N) is 2. The number of rotatable bonds is 7. The van der Waals surface area contributed by atoms with Crippen LogP contribution in [0.1, 0.15) is 24.8 Å². The van der Waals surface area contributed by atoms with Crippen molar-refractivity contribution >= 4 is 11.8 Å². The Kier molecular flexibility index (Phi) is 5.43. The molecular formula is C18H25N3O4. The van der Waals surface area contributed by atoms with Crippen molar-refractivity contribution in [1.29, 1.82) is 0 Å². The lowest BCUT2D eigenvalue weighted by Gasteiger charge is -2.24. The summed E-state index contributed by atoms with van der Waals surface area (Å²) >= 11 is 0. The second-order valence-electron chi connectivity index (χ2n) is 6.71. The van der Waals surface area contributed by atoms with Crippen LogP contribution >= 0.6 is 0 Å². The Morgan fingerprint density at radius 3 is 2.92 bits per heavy atom. The summed E-state index contributed by atoms with van der Waals surface area (Å²) in [6.07, 6.45) is 1.88. The maximum absolute atomic E-state index is 12.5. The number of carbonyl (C=O) groups is 2. The van der Waals surface area contributed by atoms with E-state index in [4.69, 9.17) is 9.47 Å². The zero-order valence-corrected chi connectivity index (χ0v) is 14.8. The molecule has 25 heavy (non-hydrogen) atoms. The van der Waals surface area contributed by atoms with E-state index in [-0.39, 0.29) is 18.6 Å². The van der Waals surface area contributed by atoms with Crippen molar-refractivity contribution in [1.82, 2.24) is 15.1 Å². The first-order chi connectivity index (χ1) is 12.0. The van der Waals surface area contributed by atoms with Crippen LogP contribution < -0.4 is 14.8 Å². The quantitative estimate of drug-likeness (QED) is 0.745. The molecule has 7 heteroatoms. The van der Waals surface area contributed by atoms with Crippen molar-refractivity contribution in [2.75, 3.05) is 34.0 Å². The van der Waals surface area contributed by atoms with Crippen LogP contribution in [0.3, 0.4) is 0 Å². The average molecular weight is 347 g/mol. The molecule has 1 saturated heterocycles. The van der Waals surface area contributed by atoms with Crippen LogP contribution in [0.4, 0.5) is 0 Å². The SMILES string of the molecule is CN(C)CCCNC(=O)C1CCC(=O)N1Cc1ccc2c(c1)OCO2. The summed E-state index contributed by atoms with van der Waals surface area (Å²) in [7, 11) is 4.01. The second-order valence-corrected chi connectivity index (χ2v) is 6.71. The number of ether oxygens (including phenoxy) is 2. The highest BCUT2D eigenvalue weighted by Gasteiger charge is 2.35. The first kappa shape index (κ1) is 17.5. The van der Waals surface area contributed by atoms with E-state index >= 15 is 0 Å². The molecule has 2 heterocycles. The molecule has 1 N–H and O–H groups in total. The molecule has 1 fully saturated rings. The van der Waals surface area contributed by atoms with Gasteiger partial charge in [-0.1, -0.05) is 6.07 Å². The summed E-state index contributed by atoms with van der Waals surface area (Å²) in [5, 5.41) is 2.95. The Balaban J connectivity index is 1.59. The highest BCUT2D eigenvalue weighted by Crippen LogP contribution is 2.33. The van der Waals surface area contributed by atoms with Gasteiger partial charge in [-0.3, -0.25) is 9.59 Å². The smallest absolute Gasteiger partial charge is 0.242 e. The van der Waals surface area contributed by atoms with Gasteiger partial charge in [0.15, 0.2) is 11.5 Å². The summed E-state index contributed by atoms with van der Waals surface area (Å²) in [5.41, 5.74) is 0.935. The topological polar surface area (TPSA) is 71.1 Å². The summed E-state index contributed by atoms with van der Waals surface area (Å²) in [5.74, 6) is 1.36. The Morgan fingerprint density at radius 2 is 2.12 bits per heavy atom. The Hall–Kier alpha value is -2.28. The van der Waals surface area contributed by atoms with Gasteiger partial charge in [-0.25, -0.2) is 0 Å². The van der Waals surface area contributed by atoms with Gasteiger partial charge < -0.3 is 24.6 Å². The molecular weight excluding hydrogens is 322 g/mol. The molecule has 0 spiro atoms. The third-order valence-electron chi connectivity index (χ3n) is 4.50. The minimum atomic E-state index is -0.391. The van der Waals surface area contributed by atoms with Crippen LogP contribution in [-0.4, -0.2) is 61.6 Å². The highest BCUT2D eigenvalue weighted by molar-refractivity contribution is 5.90. The fraction of sp³-hybridized carbons (Fsp3) is 0.556. The van der Waals surface area contributed by atoms with Gasteiger partial charge in [0.05, 0.1) is 0 Å². The van der Waals surface area contributed by atoms with Crippen LogP contribution in [0.25, 0.3) is 0 Å². The van der Waals surface area contributed by atoms with Gasteiger partial charge in [-0.2, -0.15) is 0 Å². The van der Waals surface area contributed by atoms with Crippen molar-refractivity contribution in [3.8, 4) is 11.5 Å². The van der Waals surface area contributed by atoms with Crippen molar-refractivity contribution in [3.05, 3.63) is 23.8 Å². The lowest BCUT2D eigenvalue weighted by molar-refractivity contribution is -0.135. The van der Waals surface area contributed by atoms with Crippen molar-refractivity contribution in [3.63, 3.8) is 0 Å². The number of nitrogens with one attached hydrogen (secondary N) is 1. The van der Waals surface area contributed by atoms with E-state index in [1.54, 1.807) is 4.90 Å². The number of carbonyl (C=O) groups excluding carboxylic acids is 2. The predicted molar refractivity (Wildman–Crippen MR) is 92.3 cm³/mol. The molecule has 0 aliphatic carbocycles. The van der Waals surface area contributed by atoms with E-state index in [0.717, 1.165) is 18.5 Å². The van der Waals surface area contributed by atoms with Gasteiger partial charge in [-0.15, -0.1) is 0 Å². The van der Waals surface area contributed by atoms with Crippen LogP contribution in [0.5, 0.6) is 11.5 Å². The molecule has 1 atom stereocenters. The molecule has 3 rings (SSSR count). The molecule has 0 aromatic heterocycles. The summed E-state index contributed by atoms with van der Waals surface area (Å²) in [6, 6.07) is 5.23. The summed E-state index contributed by atoms with van der Waals surface area (Å²) < 4.78 is 10.7. The molecule has 0 bridgehead atoms. The van der Waals surface area contributed by atoms with E-state index < -0.39 is 6.04 Å². The molecule has 1 aromatic carbocycles. The predicted octanol–water partition coefficient (Wildman–Crippen LogP) is 0.974. The molecule has 1 unspecified atom stereocenters. The molecule has 0 saturated carbocycles. The lowest BCUT2D eigenvalue weighted by Crippen LogP contribution is -2.44. The van der Waals surface area contributed by atoms with Gasteiger partial charge >= 0.3 is 0 Å². The zero-order chi connectivity index (χ0) is 17.8. The van der Waals surface area contributed by atoms with E-state index in [9.17, 15) is 9.59 Å². The first-order valence-electron chi connectivity index (χ1n) is 8.65. The van der Waals surface area contributed by atoms with Crippen LogP contribution in [-0.2, 0) is 16.1 Å². The maximum atomic E-state index is 12.5. The number of hydrogen-bond acceptors (Lipinski definition) is 5. The molecule has 2 aliphatic heterocycles. The third-order valence-corrected chi connectivity index (χ3v) is 4.50. The molecule has 136 valence electrons. The van der Waals surface area contributed by atoms with E-state index in [0.29, 0.717) is 37.4 Å². The number of fused-ring (bicyclic) bond motifs is 1. The van der Waals surface area contributed by atoms with E-state index in [2.05, 4.69) is 10.2 Å². The summed E-state index contributed by atoms with van der Waals surface area (Å²) in [6.45, 7) is 2.18. The Morgan fingerprint density at radius 1 is 1.32 bits per heavy atom. The molecule has 0 radical (unpaired) electrons. The molecule has 2 amide bonds. The Labute approximate surface area is 147 Å². The molecule has 2 aliphatic rings. The number of likely N-dealkylation sites (tertiary alicyclic amines) is 1. The van der Waals surface area contributed by atoms with Gasteiger partial charge in [0.1, 0.15) is 6.04 Å². The monoisotopic (exact) mass is 347 g/mol. The highest BCUT2D eigenvalue weighted by atomic mass is 16.7. The third kappa shape index (κ3) is 4.22. The van der Waals surface area contributed by atoms with Gasteiger partial charge in [0, 0.05) is 19.5 Å². The van der Waals surface area contributed by atoms with Crippen molar-refractivity contribution in [2.24, 2.45) is 0 Å². The minimum absolute atomic E-state index is 0.0195. The van der Waals surface area contributed by atoms with Crippen LogP contribution in [0, 0.1) is 0 Å². The largest absolute Gasteiger partial charge is 0.454 e.